The SMILES string of the molecule is O=C(NCc1ccccn1)c1nn(-c2ccc(F)cc2F)c2c1C[C@@H]1C[C@H]21. The fourth-order valence-electron chi connectivity index (χ4n) is 3.89. The molecule has 5 nitrogen and oxygen atoms in total. The Bertz CT molecular complexity index is 1050. The minimum absolute atomic E-state index is 0.170. The van der Waals surface area contributed by atoms with Crippen LogP contribution in [0.1, 0.15) is 39.8 Å². The molecule has 0 bridgehead atoms. The summed E-state index contributed by atoms with van der Waals surface area (Å²) in [6.07, 6.45) is 3.46. The Morgan fingerprint density at radius 1 is 1.26 bits per heavy atom. The number of aromatic nitrogens is 3. The highest BCUT2D eigenvalue weighted by Gasteiger charge is 2.50. The Labute approximate surface area is 154 Å². The van der Waals surface area contributed by atoms with Crippen molar-refractivity contribution in [3.8, 4) is 5.69 Å². The Balaban J connectivity index is 1.49. The minimum Gasteiger partial charge on any atom is -0.345 e. The second-order valence-electron chi connectivity index (χ2n) is 7.03. The molecule has 2 atom stereocenters. The summed E-state index contributed by atoms with van der Waals surface area (Å²) >= 11 is 0. The van der Waals surface area contributed by atoms with E-state index >= 15 is 0 Å². The van der Waals surface area contributed by atoms with Gasteiger partial charge < -0.3 is 5.32 Å². The maximum atomic E-state index is 14.3. The van der Waals surface area contributed by atoms with Crippen LogP contribution in [0.5, 0.6) is 0 Å². The average molecular weight is 366 g/mol. The van der Waals surface area contributed by atoms with Gasteiger partial charge in [-0.05, 0) is 43.0 Å². The summed E-state index contributed by atoms with van der Waals surface area (Å²) in [7, 11) is 0. The van der Waals surface area contributed by atoms with E-state index in [1.54, 1.807) is 6.20 Å². The van der Waals surface area contributed by atoms with Crippen molar-refractivity contribution >= 4 is 5.91 Å². The van der Waals surface area contributed by atoms with E-state index in [2.05, 4.69) is 15.4 Å². The lowest BCUT2D eigenvalue weighted by Gasteiger charge is -2.07. The molecule has 0 aliphatic heterocycles. The Morgan fingerprint density at radius 3 is 2.93 bits per heavy atom. The van der Waals surface area contributed by atoms with Gasteiger partial charge >= 0.3 is 0 Å². The zero-order valence-corrected chi connectivity index (χ0v) is 14.3. The van der Waals surface area contributed by atoms with Crippen molar-refractivity contribution in [3.05, 3.63) is 76.9 Å². The Morgan fingerprint density at radius 2 is 2.15 bits per heavy atom. The van der Waals surface area contributed by atoms with Gasteiger partial charge in [0.25, 0.3) is 5.91 Å². The number of amides is 1. The van der Waals surface area contributed by atoms with Crippen molar-refractivity contribution in [2.45, 2.75) is 25.3 Å². The summed E-state index contributed by atoms with van der Waals surface area (Å²) in [5.41, 5.74) is 2.99. The van der Waals surface area contributed by atoms with Crippen molar-refractivity contribution in [3.63, 3.8) is 0 Å². The highest BCUT2D eigenvalue weighted by atomic mass is 19.1. The van der Waals surface area contributed by atoms with Crippen molar-refractivity contribution in [2.24, 2.45) is 5.92 Å². The standard InChI is InChI=1S/C20H16F2N4O/c21-12-4-5-17(16(22)9-12)26-19-14-7-11(14)8-15(19)18(25-26)20(27)24-10-13-3-1-2-6-23-13/h1-6,9,11,14H,7-8,10H2,(H,24,27)/t11-,14-/m0/s1. The first-order valence-electron chi connectivity index (χ1n) is 8.87. The summed E-state index contributed by atoms with van der Waals surface area (Å²) in [5.74, 6) is -0.841. The van der Waals surface area contributed by atoms with E-state index in [9.17, 15) is 13.6 Å². The van der Waals surface area contributed by atoms with Gasteiger partial charge in [-0.25, -0.2) is 13.5 Å². The van der Waals surface area contributed by atoms with Crippen LogP contribution in [0.2, 0.25) is 0 Å². The molecule has 1 fully saturated rings. The number of nitrogens with zero attached hydrogens (tertiary/aromatic N) is 3. The molecule has 27 heavy (non-hydrogen) atoms. The smallest absolute Gasteiger partial charge is 0.272 e. The normalized spacial score (nSPS) is 19.5. The molecule has 5 rings (SSSR count). The van der Waals surface area contributed by atoms with Gasteiger partial charge in [0.2, 0.25) is 0 Å². The average Bonchev–Trinajstić information content (AvgIpc) is 3.17. The molecule has 0 unspecified atom stereocenters. The van der Waals surface area contributed by atoms with Crippen LogP contribution in [0.4, 0.5) is 8.78 Å². The number of benzene rings is 1. The number of rotatable bonds is 4. The lowest BCUT2D eigenvalue weighted by molar-refractivity contribution is 0.0944. The third kappa shape index (κ3) is 2.70. The predicted molar refractivity (Wildman–Crippen MR) is 93.4 cm³/mol. The van der Waals surface area contributed by atoms with Gasteiger partial charge in [-0.3, -0.25) is 9.78 Å². The van der Waals surface area contributed by atoms with Crippen molar-refractivity contribution in [2.75, 3.05) is 0 Å². The number of carbonyl (C=O) groups is 1. The van der Waals surface area contributed by atoms with E-state index in [4.69, 9.17) is 0 Å². The number of hydrogen-bond acceptors (Lipinski definition) is 3. The maximum absolute atomic E-state index is 14.3. The van der Waals surface area contributed by atoms with Gasteiger partial charge in [0.05, 0.1) is 17.9 Å². The molecule has 2 aromatic heterocycles. The summed E-state index contributed by atoms with van der Waals surface area (Å²) in [6.45, 7) is 0.291. The van der Waals surface area contributed by atoms with Crippen LogP contribution in [0.25, 0.3) is 5.69 Å². The van der Waals surface area contributed by atoms with E-state index < -0.39 is 11.6 Å². The summed E-state index contributed by atoms with van der Waals surface area (Å²) in [6, 6.07) is 8.89. The van der Waals surface area contributed by atoms with E-state index in [0.29, 0.717) is 24.1 Å². The van der Waals surface area contributed by atoms with Crippen molar-refractivity contribution in [1.82, 2.24) is 20.1 Å². The number of fused-ring (bicyclic) bond motifs is 3. The Kier molecular flexibility index (Phi) is 3.56. The number of pyridine rings is 1. The molecular formula is C20H16F2N4O. The van der Waals surface area contributed by atoms with Gasteiger partial charge in [-0.1, -0.05) is 6.07 Å². The Hall–Kier alpha value is -3.09. The molecule has 3 aromatic rings. The molecule has 0 radical (unpaired) electrons. The first kappa shape index (κ1) is 16.1. The summed E-state index contributed by atoms with van der Waals surface area (Å²) < 4.78 is 29.1. The molecular weight excluding hydrogens is 350 g/mol. The first-order chi connectivity index (χ1) is 13.1. The van der Waals surface area contributed by atoms with E-state index in [1.807, 2.05) is 18.2 Å². The zero-order valence-electron chi connectivity index (χ0n) is 14.3. The molecule has 136 valence electrons. The largest absolute Gasteiger partial charge is 0.345 e. The molecule has 1 N–H and O–H groups in total. The monoisotopic (exact) mass is 366 g/mol. The first-order valence-corrected chi connectivity index (χ1v) is 8.87. The molecule has 2 aliphatic carbocycles. The van der Waals surface area contributed by atoms with Gasteiger partial charge in [-0.2, -0.15) is 5.10 Å². The molecule has 7 heteroatoms. The fourth-order valence-corrected chi connectivity index (χ4v) is 3.89. The number of nitrogens with one attached hydrogen (secondary N) is 1. The molecule has 1 saturated carbocycles. The van der Waals surface area contributed by atoms with E-state index in [1.165, 1.54) is 16.8 Å². The second-order valence-corrected chi connectivity index (χ2v) is 7.03. The summed E-state index contributed by atoms with van der Waals surface area (Å²) in [4.78, 5) is 16.9. The predicted octanol–water partition coefficient (Wildman–Crippen LogP) is 3.14. The lowest BCUT2D eigenvalue weighted by Crippen LogP contribution is -2.25. The molecule has 1 amide bonds. The molecule has 2 heterocycles. The number of hydrogen-bond donors (Lipinski definition) is 1. The third-order valence-electron chi connectivity index (χ3n) is 5.27. The number of halogens is 2. The van der Waals surface area contributed by atoms with Gasteiger partial charge in [0.15, 0.2) is 11.5 Å². The van der Waals surface area contributed by atoms with Crippen LogP contribution in [-0.4, -0.2) is 20.7 Å². The van der Waals surface area contributed by atoms with Crippen LogP contribution in [0, 0.1) is 17.6 Å². The van der Waals surface area contributed by atoms with Gasteiger partial charge in [-0.15, -0.1) is 0 Å². The summed E-state index contributed by atoms with van der Waals surface area (Å²) in [5, 5.41) is 7.24. The quantitative estimate of drug-likeness (QED) is 0.772. The highest BCUT2D eigenvalue weighted by molar-refractivity contribution is 5.94. The highest BCUT2D eigenvalue weighted by Crippen LogP contribution is 2.57. The molecule has 0 saturated heterocycles. The van der Waals surface area contributed by atoms with E-state index in [-0.39, 0.29) is 11.6 Å². The van der Waals surface area contributed by atoms with Crippen LogP contribution in [0.3, 0.4) is 0 Å². The van der Waals surface area contributed by atoms with Crippen molar-refractivity contribution in [1.29, 1.82) is 0 Å². The van der Waals surface area contributed by atoms with Crippen LogP contribution in [0.15, 0.2) is 42.6 Å². The van der Waals surface area contributed by atoms with E-state index in [0.717, 1.165) is 35.9 Å². The van der Waals surface area contributed by atoms with Crippen molar-refractivity contribution < 1.29 is 13.6 Å². The lowest BCUT2D eigenvalue weighted by atomic mass is 10.1. The van der Waals surface area contributed by atoms with Crippen LogP contribution >= 0.6 is 0 Å². The molecule has 1 aromatic carbocycles. The topological polar surface area (TPSA) is 59.8 Å². The second kappa shape index (κ2) is 5.97. The van der Waals surface area contributed by atoms with Crippen LogP contribution < -0.4 is 5.32 Å². The van der Waals surface area contributed by atoms with Crippen LogP contribution in [-0.2, 0) is 13.0 Å². The number of carbonyl (C=O) groups excluding carboxylic acids is 1. The fraction of sp³-hybridized carbons (Fsp3) is 0.250. The third-order valence-corrected chi connectivity index (χ3v) is 5.27. The zero-order chi connectivity index (χ0) is 18.5. The van der Waals surface area contributed by atoms with Gasteiger partial charge in [0.1, 0.15) is 11.5 Å². The maximum Gasteiger partial charge on any atom is 0.272 e. The molecule has 2 aliphatic rings. The molecule has 0 spiro atoms. The minimum atomic E-state index is -0.690. The van der Waals surface area contributed by atoms with Gasteiger partial charge in [0, 0.05) is 23.7 Å².